The summed E-state index contributed by atoms with van der Waals surface area (Å²) in [5.41, 5.74) is 10.9. The third kappa shape index (κ3) is 9.12. The van der Waals surface area contributed by atoms with E-state index in [9.17, 15) is 9.59 Å². The van der Waals surface area contributed by atoms with Crippen LogP contribution in [-0.4, -0.2) is 46.9 Å². The van der Waals surface area contributed by atoms with Gasteiger partial charge in [-0.15, -0.1) is 0 Å². The maximum Gasteiger partial charge on any atom is 0.324 e. The van der Waals surface area contributed by atoms with Crippen molar-refractivity contribution in [2.24, 2.45) is 5.73 Å². The Morgan fingerprint density at radius 3 is 2.30 bits per heavy atom. The molecule has 0 radical (unpaired) electrons. The van der Waals surface area contributed by atoms with Gasteiger partial charge in [0, 0.05) is 35.0 Å². The molecule has 0 saturated carbocycles. The Morgan fingerprint density at radius 1 is 0.868 bits per heavy atom. The molecule has 6 rings (SSSR count). The predicted octanol–water partition coefficient (Wildman–Crippen LogP) is 7.79. The molecule has 2 aromatic heterocycles. The van der Waals surface area contributed by atoms with Crippen LogP contribution in [0.25, 0.3) is 16.5 Å². The molecule has 0 aliphatic rings. The highest BCUT2D eigenvalue weighted by Gasteiger charge is 2.22. The van der Waals surface area contributed by atoms with Crippen LogP contribution in [0.15, 0.2) is 109 Å². The second-order valence-corrected chi connectivity index (χ2v) is 13.9. The Balaban J connectivity index is 1.16. The molecule has 0 unspecified atom stereocenters. The van der Waals surface area contributed by atoms with Gasteiger partial charge in [-0.05, 0) is 73.0 Å². The molecule has 0 fully saturated rings. The largest absolute Gasteiger partial charge is 0.497 e. The number of urea groups is 1. The molecule has 4 aromatic carbocycles. The molecule has 4 N–H and O–H groups in total. The fourth-order valence-electron chi connectivity index (χ4n) is 5.90. The van der Waals surface area contributed by atoms with Gasteiger partial charge < -0.3 is 25.4 Å². The maximum atomic E-state index is 13.5. The second-order valence-electron chi connectivity index (χ2n) is 13.9. The van der Waals surface area contributed by atoms with Gasteiger partial charge in [0.1, 0.15) is 29.7 Å². The first-order valence-electron chi connectivity index (χ1n) is 17.5. The SMILES string of the molecule is COc1ccc(CCN(CC(N)=O)c2cc(COc3ccc(NC(=O)Nc4cc(C(C)(C)C)nn4-c4ccc(C)cc4)c4ccccc34)ccn2)cc1. The number of aromatic nitrogens is 3. The van der Waals surface area contributed by atoms with Crippen LogP contribution >= 0.6 is 0 Å². The Kier molecular flexibility index (Phi) is 10.9. The van der Waals surface area contributed by atoms with Crippen molar-refractivity contribution in [2.75, 3.05) is 35.7 Å². The van der Waals surface area contributed by atoms with E-state index in [1.54, 1.807) is 18.0 Å². The molecule has 11 heteroatoms. The molecule has 0 bridgehead atoms. The first-order valence-corrected chi connectivity index (χ1v) is 17.5. The molecule has 0 spiro atoms. The van der Waals surface area contributed by atoms with Crippen molar-refractivity contribution < 1.29 is 19.1 Å². The lowest BCUT2D eigenvalue weighted by Crippen LogP contribution is -2.35. The van der Waals surface area contributed by atoms with E-state index < -0.39 is 11.9 Å². The lowest BCUT2D eigenvalue weighted by atomic mass is 9.92. The quantitative estimate of drug-likeness (QED) is 0.111. The summed E-state index contributed by atoms with van der Waals surface area (Å²) in [6.45, 7) is 9.14. The maximum absolute atomic E-state index is 13.5. The normalized spacial score (nSPS) is 11.3. The topological polar surface area (TPSA) is 137 Å². The van der Waals surface area contributed by atoms with Crippen LogP contribution in [0.2, 0.25) is 0 Å². The number of aryl methyl sites for hydroxylation is 1. The molecule has 0 aliphatic carbocycles. The lowest BCUT2D eigenvalue weighted by molar-refractivity contribution is -0.116. The van der Waals surface area contributed by atoms with Crippen molar-refractivity contribution in [3.8, 4) is 17.2 Å². The Bertz CT molecular complexity index is 2210. The highest BCUT2D eigenvalue weighted by molar-refractivity contribution is 6.07. The van der Waals surface area contributed by atoms with E-state index in [2.05, 4.69) is 36.4 Å². The number of hydrogen-bond acceptors (Lipinski definition) is 7. The number of pyridine rings is 1. The Morgan fingerprint density at radius 2 is 1.60 bits per heavy atom. The second kappa shape index (κ2) is 15.9. The van der Waals surface area contributed by atoms with Crippen LogP contribution in [-0.2, 0) is 23.2 Å². The molecule has 0 aliphatic heterocycles. The molecule has 0 saturated heterocycles. The van der Waals surface area contributed by atoms with E-state index in [-0.39, 0.29) is 18.6 Å². The minimum atomic E-state index is -0.441. The zero-order valence-electron chi connectivity index (χ0n) is 30.7. The number of hydrogen-bond donors (Lipinski definition) is 3. The van der Waals surface area contributed by atoms with Gasteiger partial charge in [-0.3, -0.25) is 10.1 Å². The molecule has 2 heterocycles. The van der Waals surface area contributed by atoms with Gasteiger partial charge in [0.05, 0.1) is 30.7 Å². The number of nitrogens with one attached hydrogen (secondary N) is 2. The van der Waals surface area contributed by atoms with Crippen molar-refractivity contribution in [1.29, 1.82) is 0 Å². The van der Waals surface area contributed by atoms with Crippen LogP contribution in [0.4, 0.5) is 22.1 Å². The summed E-state index contributed by atoms with van der Waals surface area (Å²) in [5.74, 6) is 2.20. The fraction of sp³-hybridized carbons (Fsp3) is 0.238. The number of ether oxygens (including phenoxy) is 2. The first-order chi connectivity index (χ1) is 25.5. The standard InChI is InChI=1S/C42H45N7O4/c1-28-10-14-31(15-11-28)49-40(25-37(47-49)42(2,3)4)46-41(51)45-35-18-19-36(34-9-7-6-8-33(34)35)53-27-30-20-22-44-39(24-30)48(26-38(43)50)23-21-29-12-16-32(52-5)17-13-29/h6-20,22,24-25H,21,23,26-27H2,1-5H3,(H2,43,50)(H2,45,46,51). The van der Waals surface area contributed by atoms with E-state index in [1.807, 2.05) is 115 Å². The number of nitrogens with zero attached hydrogens (tertiary/aromatic N) is 4. The number of benzene rings is 4. The monoisotopic (exact) mass is 711 g/mol. The van der Waals surface area contributed by atoms with Crippen LogP contribution in [0, 0.1) is 6.92 Å². The average molecular weight is 712 g/mol. The van der Waals surface area contributed by atoms with Gasteiger partial charge in [0.15, 0.2) is 0 Å². The number of fused-ring (bicyclic) bond motifs is 1. The third-order valence-corrected chi connectivity index (χ3v) is 8.83. The van der Waals surface area contributed by atoms with Gasteiger partial charge in [-0.25, -0.2) is 14.5 Å². The van der Waals surface area contributed by atoms with Gasteiger partial charge in [-0.1, -0.05) is 74.9 Å². The number of carbonyl (C=O) groups is 2. The zero-order valence-corrected chi connectivity index (χ0v) is 30.7. The molecular weight excluding hydrogens is 667 g/mol. The number of rotatable bonds is 13. The molecule has 272 valence electrons. The van der Waals surface area contributed by atoms with Crippen LogP contribution < -0.4 is 30.7 Å². The molecule has 53 heavy (non-hydrogen) atoms. The average Bonchev–Trinajstić information content (AvgIpc) is 3.58. The number of amides is 3. The van der Waals surface area contributed by atoms with Crippen LogP contribution in [0.1, 0.15) is 43.2 Å². The smallest absolute Gasteiger partial charge is 0.324 e. The van der Waals surface area contributed by atoms with Gasteiger partial charge in [-0.2, -0.15) is 5.10 Å². The summed E-state index contributed by atoms with van der Waals surface area (Å²) in [6.07, 6.45) is 2.40. The van der Waals surface area contributed by atoms with E-state index in [1.165, 1.54) is 0 Å². The highest BCUT2D eigenvalue weighted by Crippen LogP contribution is 2.33. The minimum absolute atomic E-state index is 0.0339. The van der Waals surface area contributed by atoms with Crippen molar-refractivity contribution in [3.63, 3.8) is 0 Å². The van der Waals surface area contributed by atoms with Gasteiger partial charge in [0.2, 0.25) is 5.91 Å². The minimum Gasteiger partial charge on any atom is -0.497 e. The van der Waals surface area contributed by atoms with E-state index in [0.717, 1.165) is 44.6 Å². The molecule has 6 aromatic rings. The summed E-state index contributed by atoms with van der Waals surface area (Å²) >= 11 is 0. The Hall–Kier alpha value is -6.36. The number of anilines is 3. The molecule has 11 nitrogen and oxygen atoms in total. The number of carbonyl (C=O) groups excluding carboxylic acids is 2. The summed E-state index contributed by atoms with van der Waals surface area (Å²) < 4.78 is 13.4. The van der Waals surface area contributed by atoms with E-state index in [4.69, 9.17) is 20.3 Å². The summed E-state index contributed by atoms with van der Waals surface area (Å²) in [4.78, 5) is 31.9. The number of primary amides is 1. The van der Waals surface area contributed by atoms with Crippen molar-refractivity contribution in [3.05, 3.63) is 132 Å². The van der Waals surface area contributed by atoms with E-state index >= 15 is 0 Å². The molecular formula is C42H45N7O4. The summed E-state index contributed by atoms with van der Waals surface area (Å²) in [5, 5.41) is 12.5. The van der Waals surface area contributed by atoms with Crippen molar-refractivity contribution in [1.82, 2.24) is 14.8 Å². The number of methoxy groups -OCH3 is 1. The molecule has 3 amide bonds. The lowest BCUT2D eigenvalue weighted by Gasteiger charge is -2.23. The van der Waals surface area contributed by atoms with Gasteiger partial charge in [0.25, 0.3) is 0 Å². The Labute approximate surface area is 309 Å². The molecule has 0 atom stereocenters. The van der Waals surface area contributed by atoms with Crippen molar-refractivity contribution >= 4 is 40.0 Å². The predicted molar refractivity (Wildman–Crippen MR) is 210 cm³/mol. The summed E-state index contributed by atoms with van der Waals surface area (Å²) in [6, 6.07) is 32.6. The number of nitrogens with two attached hydrogens (primary N) is 1. The van der Waals surface area contributed by atoms with Gasteiger partial charge >= 0.3 is 6.03 Å². The first kappa shape index (κ1) is 36.4. The van der Waals surface area contributed by atoms with E-state index in [0.29, 0.717) is 36.0 Å². The van der Waals surface area contributed by atoms with Crippen LogP contribution in [0.5, 0.6) is 11.5 Å². The van der Waals surface area contributed by atoms with Crippen molar-refractivity contribution in [2.45, 2.75) is 46.1 Å². The zero-order chi connectivity index (χ0) is 37.5. The third-order valence-electron chi connectivity index (χ3n) is 8.83. The van der Waals surface area contributed by atoms with Crippen LogP contribution in [0.3, 0.4) is 0 Å². The summed E-state index contributed by atoms with van der Waals surface area (Å²) in [7, 11) is 1.63. The highest BCUT2D eigenvalue weighted by atomic mass is 16.5. The fourth-order valence-corrected chi connectivity index (χ4v) is 5.90.